The van der Waals surface area contributed by atoms with Gasteiger partial charge in [-0.25, -0.2) is 4.79 Å². The van der Waals surface area contributed by atoms with Crippen LogP contribution < -0.4 is 5.32 Å². The molecule has 21 heavy (non-hydrogen) atoms. The van der Waals surface area contributed by atoms with Crippen LogP contribution in [0.3, 0.4) is 0 Å². The lowest BCUT2D eigenvalue weighted by Gasteiger charge is -2.28. The summed E-state index contributed by atoms with van der Waals surface area (Å²) in [6.45, 7) is 8.43. The van der Waals surface area contributed by atoms with Gasteiger partial charge < -0.3 is 20.1 Å². The third kappa shape index (κ3) is 6.77. The fraction of sp³-hybridized carbons (Fsp3) is 0.857. The van der Waals surface area contributed by atoms with Gasteiger partial charge in [-0.05, 0) is 26.3 Å². The number of morpholine rings is 1. The standard InChI is InChI=1S/C14H27N3O4/c1-3-12(2)17(11-13(18)19)14(20)15-5-4-6-16-7-9-21-10-8-16/h12H,3-11H2,1-2H3,(H,15,20)(H,18,19). The molecule has 0 spiro atoms. The van der Waals surface area contributed by atoms with E-state index in [4.69, 9.17) is 9.84 Å². The molecule has 7 nitrogen and oxygen atoms in total. The number of amides is 2. The number of nitrogens with one attached hydrogen (secondary N) is 1. The van der Waals surface area contributed by atoms with Gasteiger partial charge in [-0.3, -0.25) is 9.69 Å². The summed E-state index contributed by atoms with van der Waals surface area (Å²) in [4.78, 5) is 26.6. The lowest BCUT2D eigenvalue weighted by molar-refractivity contribution is -0.138. The zero-order valence-electron chi connectivity index (χ0n) is 13.0. The molecule has 0 saturated carbocycles. The van der Waals surface area contributed by atoms with Crippen molar-refractivity contribution >= 4 is 12.0 Å². The Morgan fingerprint density at radius 3 is 2.62 bits per heavy atom. The predicted octanol–water partition coefficient (Wildman–Crippen LogP) is 0.603. The predicted molar refractivity (Wildman–Crippen MR) is 79.4 cm³/mol. The fourth-order valence-corrected chi connectivity index (χ4v) is 2.22. The number of nitrogens with zero attached hydrogens (tertiary/aromatic N) is 2. The van der Waals surface area contributed by atoms with Gasteiger partial charge in [0.1, 0.15) is 6.54 Å². The maximum absolute atomic E-state index is 12.0. The topological polar surface area (TPSA) is 82.1 Å². The molecule has 0 aliphatic carbocycles. The fourth-order valence-electron chi connectivity index (χ4n) is 2.22. The van der Waals surface area contributed by atoms with Crippen molar-refractivity contribution in [2.75, 3.05) is 45.9 Å². The zero-order chi connectivity index (χ0) is 15.7. The van der Waals surface area contributed by atoms with Gasteiger partial charge in [0.25, 0.3) is 0 Å². The molecule has 0 aromatic carbocycles. The highest BCUT2D eigenvalue weighted by Crippen LogP contribution is 2.04. The third-order valence-electron chi connectivity index (χ3n) is 3.72. The summed E-state index contributed by atoms with van der Waals surface area (Å²) in [5, 5.41) is 11.7. The number of carbonyl (C=O) groups is 2. The molecule has 1 saturated heterocycles. The van der Waals surface area contributed by atoms with Gasteiger partial charge in [-0.1, -0.05) is 6.92 Å². The summed E-state index contributed by atoms with van der Waals surface area (Å²) in [7, 11) is 0. The van der Waals surface area contributed by atoms with Crippen LogP contribution in [0.5, 0.6) is 0 Å². The summed E-state index contributed by atoms with van der Waals surface area (Å²) in [6.07, 6.45) is 1.58. The van der Waals surface area contributed by atoms with Gasteiger partial charge in [-0.2, -0.15) is 0 Å². The number of carboxylic acids is 1. The normalized spacial score (nSPS) is 17.2. The van der Waals surface area contributed by atoms with Crippen molar-refractivity contribution in [1.29, 1.82) is 0 Å². The summed E-state index contributed by atoms with van der Waals surface area (Å²) < 4.78 is 5.28. The molecule has 1 heterocycles. The van der Waals surface area contributed by atoms with E-state index in [1.54, 1.807) is 0 Å². The Morgan fingerprint density at radius 1 is 1.38 bits per heavy atom. The van der Waals surface area contributed by atoms with E-state index in [-0.39, 0.29) is 18.6 Å². The molecule has 0 bridgehead atoms. The van der Waals surface area contributed by atoms with Gasteiger partial charge in [0.05, 0.1) is 13.2 Å². The molecule has 1 rings (SSSR count). The Labute approximate surface area is 126 Å². The minimum atomic E-state index is -0.987. The molecule has 7 heteroatoms. The average molecular weight is 301 g/mol. The molecule has 1 aliphatic rings. The maximum atomic E-state index is 12.0. The number of hydrogen-bond acceptors (Lipinski definition) is 4. The van der Waals surface area contributed by atoms with Crippen molar-refractivity contribution in [2.45, 2.75) is 32.7 Å². The quantitative estimate of drug-likeness (QED) is 0.642. The molecule has 0 aromatic rings. The van der Waals surface area contributed by atoms with Gasteiger partial charge >= 0.3 is 12.0 Å². The summed E-state index contributed by atoms with van der Waals surface area (Å²) in [5.41, 5.74) is 0. The number of hydrogen-bond donors (Lipinski definition) is 2. The van der Waals surface area contributed by atoms with Crippen LogP contribution in [-0.4, -0.2) is 78.9 Å². The Balaban J connectivity index is 2.27. The zero-order valence-corrected chi connectivity index (χ0v) is 13.0. The minimum Gasteiger partial charge on any atom is -0.480 e. The number of ether oxygens (including phenoxy) is 1. The van der Waals surface area contributed by atoms with E-state index >= 15 is 0 Å². The van der Waals surface area contributed by atoms with Crippen molar-refractivity contribution in [1.82, 2.24) is 15.1 Å². The van der Waals surface area contributed by atoms with Crippen LogP contribution in [0.4, 0.5) is 4.79 Å². The average Bonchev–Trinajstić information content (AvgIpc) is 2.49. The molecule has 2 amide bonds. The molecule has 122 valence electrons. The van der Waals surface area contributed by atoms with Crippen LogP contribution in [0.25, 0.3) is 0 Å². The number of carbonyl (C=O) groups excluding carboxylic acids is 1. The first-order valence-electron chi connectivity index (χ1n) is 7.61. The molecule has 2 N–H and O–H groups in total. The van der Waals surface area contributed by atoms with Gasteiger partial charge in [-0.15, -0.1) is 0 Å². The van der Waals surface area contributed by atoms with E-state index in [2.05, 4.69) is 10.2 Å². The van der Waals surface area contributed by atoms with Crippen molar-refractivity contribution in [2.24, 2.45) is 0 Å². The van der Waals surface area contributed by atoms with Gasteiger partial charge in [0, 0.05) is 25.7 Å². The van der Waals surface area contributed by atoms with Crippen LogP contribution in [0, 0.1) is 0 Å². The highest BCUT2D eigenvalue weighted by atomic mass is 16.5. The summed E-state index contributed by atoms with van der Waals surface area (Å²) >= 11 is 0. The first kappa shape index (κ1) is 17.7. The van der Waals surface area contributed by atoms with Crippen molar-refractivity contribution < 1.29 is 19.4 Å². The van der Waals surface area contributed by atoms with E-state index in [0.717, 1.165) is 45.7 Å². The molecular weight excluding hydrogens is 274 g/mol. The van der Waals surface area contributed by atoms with Crippen molar-refractivity contribution in [3.05, 3.63) is 0 Å². The molecular formula is C14H27N3O4. The second-order valence-corrected chi connectivity index (χ2v) is 5.32. The second kappa shape index (κ2) is 9.57. The van der Waals surface area contributed by atoms with Crippen LogP contribution in [-0.2, 0) is 9.53 Å². The summed E-state index contributed by atoms with van der Waals surface area (Å²) in [6, 6.07) is -0.380. The van der Waals surface area contributed by atoms with E-state index in [0.29, 0.717) is 6.54 Å². The summed E-state index contributed by atoms with van der Waals surface area (Å²) in [5.74, 6) is -0.987. The van der Waals surface area contributed by atoms with E-state index < -0.39 is 5.97 Å². The van der Waals surface area contributed by atoms with E-state index in [1.807, 2.05) is 13.8 Å². The van der Waals surface area contributed by atoms with Crippen molar-refractivity contribution in [3.63, 3.8) is 0 Å². The Bertz CT molecular complexity index is 332. The first-order chi connectivity index (χ1) is 10.0. The van der Waals surface area contributed by atoms with Crippen LogP contribution in [0.15, 0.2) is 0 Å². The molecule has 1 fully saturated rings. The largest absolute Gasteiger partial charge is 0.480 e. The van der Waals surface area contributed by atoms with E-state index in [9.17, 15) is 9.59 Å². The van der Waals surface area contributed by atoms with Gasteiger partial charge in [0.2, 0.25) is 0 Å². The Kier molecular flexibility index (Phi) is 8.07. The first-order valence-corrected chi connectivity index (χ1v) is 7.61. The third-order valence-corrected chi connectivity index (χ3v) is 3.72. The number of urea groups is 1. The van der Waals surface area contributed by atoms with Crippen molar-refractivity contribution in [3.8, 4) is 0 Å². The Morgan fingerprint density at radius 2 is 2.05 bits per heavy atom. The lowest BCUT2D eigenvalue weighted by atomic mass is 10.2. The van der Waals surface area contributed by atoms with E-state index in [1.165, 1.54) is 4.90 Å². The molecule has 1 atom stereocenters. The minimum absolute atomic E-state index is 0.0830. The number of aliphatic carboxylic acids is 1. The Hall–Kier alpha value is -1.34. The number of carboxylic acid groups (broad SMARTS) is 1. The lowest BCUT2D eigenvalue weighted by Crippen LogP contribution is -2.48. The van der Waals surface area contributed by atoms with Crippen LogP contribution in [0.1, 0.15) is 26.7 Å². The molecule has 0 aromatic heterocycles. The highest BCUT2D eigenvalue weighted by molar-refractivity contribution is 5.80. The van der Waals surface area contributed by atoms with Gasteiger partial charge in [0.15, 0.2) is 0 Å². The highest BCUT2D eigenvalue weighted by Gasteiger charge is 2.21. The SMILES string of the molecule is CCC(C)N(CC(=O)O)C(=O)NCCCN1CCOCC1. The smallest absolute Gasteiger partial charge is 0.323 e. The molecule has 0 radical (unpaired) electrons. The monoisotopic (exact) mass is 301 g/mol. The maximum Gasteiger partial charge on any atom is 0.323 e. The molecule has 1 unspecified atom stereocenters. The van der Waals surface area contributed by atoms with Crippen LogP contribution >= 0.6 is 0 Å². The molecule has 1 aliphatic heterocycles. The number of rotatable bonds is 8. The van der Waals surface area contributed by atoms with Crippen LogP contribution in [0.2, 0.25) is 0 Å². The second-order valence-electron chi connectivity index (χ2n) is 5.32.